The second kappa shape index (κ2) is 9.04. The summed E-state index contributed by atoms with van der Waals surface area (Å²) < 4.78 is 2.52. The third-order valence-corrected chi connectivity index (χ3v) is 11.5. The molecule has 212 valence electrons. The van der Waals surface area contributed by atoms with Crippen LogP contribution in [0.2, 0.25) is 5.82 Å². The van der Waals surface area contributed by atoms with Gasteiger partial charge < -0.3 is 9.80 Å². The molecule has 0 fully saturated rings. The maximum absolute atomic E-state index is 3.77. The van der Waals surface area contributed by atoms with E-state index in [1.54, 1.807) is 0 Å². The molecule has 2 aliphatic carbocycles. The van der Waals surface area contributed by atoms with Crippen LogP contribution >= 0.6 is 11.3 Å². The van der Waals surface area contributed by atoms with Gasteiger partial charge in [-0.2, -0.15) is 0 Å². The largest absolute Gasteiger partial charge is 0.315 e. The predicted octanol–water partition coefficient (Wildman–Crippen LogP) is 10.1. The fourth-order valence-electron chi connectivity index (χ4n) is 8.77. The van der Waals surface area contributed by atoms with Crippen molar-refractivity contribution in [3.05, 3.63) is 156 Å². The number of thiophene rings is 1. The van der Waals surface area contributed by atoms with E-state index in [-0.39, 0.29) is 12.1 Å². The van der Waals surface area contributed by atoms with Crippen LogP contribution in [0.5, 0.6) is 0 Å². The molecule has 4 aliphatic rings. The van der Waals surface area contributed by atoms with E-state index < -0.39 is 0 Å². The molecule has 2 aliphatic heterocycles. The van der Waals surface area contributed by atoms with E-state index >= 15 is 0 Å². The van der Waals surface area contributed by atoms with Crippen LogP contribution in [0.4, 0.5) is 22.7 Å². The van der Waals surface area contributed by atoms with Gasteiger partial charge in [-0.25, -0.2) is 0 Å². The monoisotopic (exact) mass is 592 g/mol. The van der Waals surface area contributed by atoms with E-state index in [0.29, 0.717) is 5.82 Å². The van der Waals surface area contributed by atoms with E-state index in [4.69, 9.17) is 0 Å². The molecule has 4 heteroatoms. The number of anilines is 4. The van der Waals surface area contributed by atoms with Gasteiger partial charge >= 0.3 is 0 Å². The molecule has 3 heterocycles. The topological polar surface area (TPSA) is 6.48 Å². The Bertz CT molecular complexity index is 2290. The molecule has 0 saturated heterocycles. The van der Waals surface area contributed by atoms with Crippen molar-refractivity contribution in [1.29, 1.82) is 0 Å². The first-order valence-electron chi connectivity index (χ1n) is 15.9. The quantitative estimate of drug-likeness (QED) is 0.185. The van der Waals surface area contributed by atoms with E-state index in [1.165, 1.54) is 76.4 Å². The molecule has 0 saturated carbocycles. The van der Waals surface area contributed by atoms with Crippen molar-refractivity contribution in [2.24, 2.45) is 0 Å². The van der Waals surface area contributed by atoms with Crippen LogP contribution in [0.1, 0.15) is 31.4 Å². The van der Waals surface area contributed by atoms with E-state index in [0.717, 1.165) is 6.42 Å². The highest BCUT2D eigenvalue weighted by molar-refractivity contribution is 7.25. The zero-order chi connectivity index (χ0) is 29.9. The minimum absolute atomic E-state index is 0.220. The van der Waals surface area contributed by atoms with Crippen LogP contribution in [0.15, 0.2) is 133 Å². The van der Waals surface area contributed by atoms with Crippen LogP contribution in [0.25, 0.3) is 25.9 Å². The van der Waals surface area contributed by atoms with Crippen molar-refractivity contribution in [3.63, 3.8) is 0 Å². The molecule has 2 nitrogen and oxygen atoms in total. The van der Waals surface area contributed by atoms with Gasteiger partial charge in [-0.1, -0.05) is 98.2 Å². The van der Waals surface area contributed by atoms with Crippen LogP contribution in [0.3, 0.4) is 0 Å². The maximum Gasteiger partial charge on any atom is 0.223 e. The van der Waals surface area contributed by atoms with Crippen LogP contribution in [-0.4, -0.2) is 6.71 Å². The molecule has 1 aromatic heterocycles. The number of allylic oxidation sites excluding steroid dienone is 5. The summed E-state index contributed by atoms with van der Waals surface area (Å²) in [5, 5.41) is 2.68. The Kier molecular flexibility index (Phi) is 5.09. The zero-order valence-corrected chi connectivity index (χ0v) is 26.0. The van der Waals surface area contributed by atoms with E-state index in [1.807, 2.05) is 11.3 Å². The Morgan fingerprint density at radius 3 is 2.24 bits per heavy atom. The Labute approximate surface area is 268 Å². The van der Waals surface area contributed by atoms with Gasteiger partial charge in [0.25, 0.3) is 0 Å². The normalized spacial score (nSPS) is 18.8. The number of hydrogen-bond donors (Lipinski definition) is 0. The highest BCUT2D eigenvalue weighted by atomic mass is 32.1. The highest BCUT2D eigenvalue weighted by Gasteiger charge is 2.55. The molecule has 1 atom stereocenters. The van der Waals surface area contributed by atoms with Gasteiger partial charge in [-0.15, -0.1) is 11.3 Å². The van der Waals surface area contributed by atoms with Crippen LogP contribution < -0.4 is 15.3 Å². The van der Waals surface area contributed by atoms with Crippen LogP contribution in [-0.2, 0) is 5.41 Å². The van der Waals surface area contributed by atoms with Crippen molar-refractivity contribution in [3.8, 4) is 0 Å². The van der Waals surface area contributed by atoms with Crippen molar-refractivity contribution < 1.29 is 0 Å². The second-order valence-corrected chi connectivity index (χ2v) is 14.1. The molecule has 1 unspecified atom stereocenters. The number of nitrogens with zero attached hydrogens (tertiary/aromatic N) is 2. The summed E-state index contributed by atoms with van der Waals surface area (Å²) in [5.74, 6) is 0.319. The lowest BCUT2D eigenvalue weighted by Crippen LogP contribution is -2.54. The first kappa shape index (κ1) is 25.4. The number of hydrogen-bond acceptors (Lipinski definition) is 3. The molecule has 0 bridgehead atoms. The van der Waals surface area contributed by atoms with Crippen LogP contribution in [0, 0.1) is 12.1 Å². The van der Waals surface area contributed by atoms with E-state index in [2.05, 4.69) is 157 Å². The maximum atomic E-state index is 3.77. The summed E-state index contributed by atoms with van der Waals surface area (Å²) in [7, 11) is 0. The lowest BCUT2D eigenvalue weighted by atomic mass is 9.26. The SMILES string of the molecule is CC1(C)C2=C(c3c#cc4sc5ccccc5c4c31)N(c1ccccc1)c1cccc3c1B2C1CC=CC=C1N3c1ccccc1. The number of benzene rings is 4. The summed E-state index contributed by atoms with van der Waals surface area (Å²) in [4.78, 5) is 5.07. The molecule has 6 aromatic rings. The minimum Gasteiger partial charge on any atom is -0.315 e. The fourth-order valence-corrected chi connectivity index (χ4v) is 9.84. The Morgan fingerprint density at radius 2 is 1.47 bits per heavy atom. The number of para-hydroxylation sites is 2. The molecule has 0 amide bonds. The lowest BCUT2D eigenvalue weighted by Gasteiger charge is -2.49. The van der Waals surface area contributed by atoms with Gasteiger partial charge in [-0.05, 0) is 77.9 Å². The van der Waals surface area contributed by atoms with Gasteiger partial charge in [0.15, 0.2) is 0 Å². The lowest BCUT2D eigenvalue weighted by molar-refractivity contribution is 0.667. The van der Waals surface area contributed by atoms with Crippen molar-refractivity contribution in [2.75, 3.05) is 9.80 Å². The summed E-state index contributed by atoms with van der Waals surface area (Å²) in [6.07, 6.45) is 7.99. The first-order valence-corrected chi connectivity index (χ1v) is 16.7. The molecular formula is C41H29BN2S. The van der Waals surface area contributed by atoms with Gasteiger partial charge in [0.05, 0.1) is 16.0 Å². The number of rotatable bonds is 2. The molecule has 5 aromatic carbocycles. The van der Waals surface area contributed by atoms with Crippen molar-refractivity contribution in [1.82, 2.24) is 0 Å². The van der Waals surface area contributed by atoms with Crippen molar-refractivity contribution >= 4 is 72.1 Å². The average Bonchev–Trinajstić information content (AvgIpc) is 3.57. The first-order chi connectivity index (χ1) is 22.1. The van der Waals surface area contributed by atoms with Gasteiger partial charge in [0.1, 0.15) is 0 Å². The smallest absolute Gasteiger partial charge is 0.223 e. The molecule has 10 rings (SSSR count). The molecule has 0 spiro atoms. The average molecular weight is 593 g/mol. The summed E-state index contributed by atoms with van der Waals surface area (Å²) in [6.45, 7) is 5.17. The molecule has 0 N–H and O–H groups in total. The van der Waals surface area contributed by atoms with Crippen molar-refractivity contribution in [2.45, 2.75) is 31.5 Å². The number of fused-ring (bicyclic) bond motifs is 9. The Morgan fingerprint density at radius 1 is 0.778 bits per heavy atom. The predicted molar refractivity (Wildman–Crippen MR) is 192 cm³/mol. The third kappa shape index (κ3) is 3.26. The molecule has 0 radical (unpaired) electrons. The zero-order valence-electron chi connectivity index (χ0n) is 25.2. The summed E-state index contributed by atoms with van der Waals surface area (Å²) in [5.41, 5.74) is 12.9. The standard InChI is InChI=1S/C41H29BN2S/c1-41(2)37-29(24-25-35-36(37)28-18-9-12-23-34(28)45-35)39-40(41)42-30-19-10-11-20-31(30)43(26-14-5-3-6-15-26)32-21-13-22-33(38(32)42)44(39)27-16-7-4-8-17-27/h3-18,20-23,30H,19H2,1-2H3. The fraction of sp³-hybridized carbons (Fsp3) is 0.122. The third-order valence-electron chi connectivity index (χ3n) is 10.4. The Hall–Kier alpha value is -4.98. The van der Waals surface area contributed by atoms with Gasteiger partial charge in [0.2, 0.25) is 6.71 Å². The summed E-state index contributed by atoms with van der Waals surface area (Å²) in [6, 6.07) is 45.1. The molecule has 45 heavy (non-hydrogen) atoms. The van der Waals surface area contributed by atoms with Gasteiger partial charge in [0, 0.05) is 49.3 Å². The Balaban J connectivity index is 1.33. The highest BCUT2D eigenvalue weighted by Crippen LogP contribution is 2.60. The summed E-state index contributed by atoms with van der Waals surface area (Å²) >= 11 is 1.84. The minimum atomic E-state index is -0.220. The van der Waals surface area contributed by atoms with Gasteiger partial charge in [-0.3, -0.25) is 0 Å². The second-order valence-electron chi connectivity index (χ2n) is 13.1. The van der Waals surface area contributed by atoms with E-state index in [9.17, 15) is 0 Å². The molecular weight excluding hydrogens is 563 g/mol.